The van der Waals surface area contributed by atoms with Crippen molar-refractivity contribution in [2.24, 2.45) is 11.8 Å². The quantitative estimate of drug-likeness (QED) is 0.648. The molecular weight excluding hydrogens is 250 g/mol. The Morgan fingerprint density at radius 1 is 1.21 bits per heavy atom. The first-order valence-electron chi connectivity index (χ1n) is 6.46. The number of hydrogen-bond acceptors (Lipinski definition) is 4. The second-order valence-electron chi connectivity index (χ2n) is 4.95. The molecule has 2 N–H and O–H groups in total. The number of carbonyl (C=O) groups is 3. The summed E-state index contributed by atoms with van der Waals surface area (Å²) in [4.78, 5) is 34.1. The van der Waals surface area contributed by atoms with Crippen molar-refractivity contribution < 1.29 is 24.2 Å². The van der Waals surface area contributed by atoms with Crippen molar-refractivity contribution in [3.63, 3.8) is 0 Å². The number of rotatable bonds is 8. The van der Waals surface area contributed by atoms with E-state index in [0.29, 0.717) is 0 Å². The van der Waals surface area contributed by atoms with Gasteiger partial charge in [-0.3, -0.25) is 9.59 Å². The van der Waals surface area contributed by atoms with E-state index < -0.39 is 23.9 Å². The summed E-state index contributed by atoms with van der Waals surface area (Å²) in [7, 11) is 0. The van der Waals surface area contributed by atoms with Crippen LogP contribution in [0.15, 0.2) is 0 Å². The molecule has 6 heteroatoms. The van der Waals surface area contributed by atoms with E-state index in [0.717, 1.165) is 0 Å². The third kappa shape index (κ3) is 7.43. The van der Waals surface area contributed by atoms with Crippen LogP contribution in [0.5, 0.6) is 0 Å². The molecule has 0 bridgehead atoms. The van der Waals surface area contributed by atoms with Crippen LogP contribution in [0.2, 0.25) is 0 Å². The standard InChI is InChI=1S/C13H23NO5/c1-5-19-13(18)9(4)7-10(12(16)17)14-11(15)6-8(2)3/h8-10H,5-7H2,1-4H3,(H,14,15)(H,16,17)/t9-,10-/m0/s1. The van der Waals surface area contributed by atoms with Gasteiger partial charge < -0.3 is 15.2 Å². The molecule has 0 spiro atoms. The summed E-state index contributed by atoms with van der Waals surface area (Å²) in [6.45, 7) is 7.26. The van der Waals surface area contributed by atoms with E-state index in [1.807, 2.05) is 13.8 Å². The van der Waals surface area contributed by atoms with Gasteiger partial charge in [-0.1, -0.05) is 20.8 Å². The number of esters is 1. The van der Waals surface area contributed by atoms with Gasteiger partial charge >= 0.3 is 11.9 Å². The van der Waals surface area contributed by atoms with Gasteiger partial charge in [0, 0.05) is 6.42 Å². The molecule has 2 atom stereocenters. The maximum absolute atomic E-state index is 11.6. The molecule has 0 aromatic heterocycles. The van der Waals surface area contributed by atoms with E-state index in [1.165, 1.54) is 0 Å². The molecule has 0 rings (SSSR count). The summed E-state index contributed by atoms with van der Waals surface area (Å²) < 4.78 is 4.81. The Labute approximate surface area is 113 Å². The van der Waals surface area contributed by atoms with Crippen molar-refractivity contribution in [1.82, 2.24) is 5.32 Å². The summed E-state index contributed by atoms with van der Waals surface area (Å²) in [5.74, 6) is -2.34. The molecule has 0 heterocycles. The van der Waals surface area contributed by atoms with E-state index in [-0.39, 0.29) is 31.3 Å². The number of amides is 1. The van der Waals surface area contributed by atoms with E-state index in [9.17, 15) is 14.4 Å². The van der Waals surface area contributed by atoms with Gasteiger partial charge in [0.1, 0.15) is 6.04 Å². The maximum Gasteiger partial charge on any atom is 0.326 e. The van der Waals surface area contributed by atoms with E-state index >= 15 is 0 Å². The number of carbonyl (C=O) groups excluding carboxylic acids is 2. The van der Waals surface area contributed by atoms with Crippen LogP contribution in [0.3, 0.4) is 0 Å². The zero-order chi connectivity index (χ0) is 15.0. The first kappa shape index (κ1) is 17.4. The van der Waals surface area contributed by atoms with Crippen molar-refractivity contribution in [2.45, 2.75) is 46.6 Å². The summed E-state index contributed by atoms with van der Waals surface area (Å²) in [6.07, 6.45) is 0.287. The second-order valence-corrected chi connectivity index (χ2v) is 4.95. The molecule has 110 valence electrons. The van der Waals surface area contributed by atoms with Gasteiger partial charge in [-0.05, 0) is 19.3 Å². The molecule has 0 saturated carbocycles. The van der Waals surface area contributed by atoms with Gasteiger partial charge in [0.15, 0.2) is 0 Å². The van der Waals surface area contributed by atoms with Crippen LogP contribution < -0.4 is 5.32 Å². The average Bonchev–Trinajstić information content (AvgIpc) is 2.26. The van der Waals surface area contributed by atoms with Crippen molar-refractivity contribution in [2.75, 3.05) is 6.61 Å². The number of aliphatic carboxylic acids is 1. The summed E-state index contributed by atoms with van der Waals surface area (Å²) in [5.41, 5.74) is 0. The first-order chi connectivity index (χ1) is 8.77. The molecule has 19 heavy (non-hydrogen) atoms. The Balaban J connectivity index is 4.45. The van der Waals surface area contributed by atoms with Gasteiger partial charge in [0.2, 0.25) is 5.91 Å². The Kier molecular flexibility index (Phi) is 7.79. The lowest BCUT2D eigenvalue weighted by Gasteiger charge is -2.18. The topological polar surface area (TPSA) is 92.7 Å². The van der Waals surface area contributed by atoms with Crippen molar-refractivity contribution in [3.05, 3.63) is 0 Å². The number of nitrogens with one attached hydrogen (secondary N) is 1. The first-order valence-corrected chi connectivity index (χ1v) is 6.46. The number of carboxylic acid groups (broad SMARTS) is 1. The minimum Gasteiger partial charge on any atom is -0.480 e. The highest BCUT2D eigenvalue weighted by Crippen LogP contribution is 2.10. The van der Waals surface area contributed by atoms with Gasteiger partial charge in [-0.2, -0.15) is 0 Å². The molecule has 0 aliphatic heterocycles. The van der Waals surface area contributed by atoms with Crippen molar-refractivity contribution >= 4 is 17.8 Å². The predicted octanol–water partition coefficient (Wildman–Crippen LogP) is 1.19. The summed E-state index contributed by atoms with van der Waals surface area (Å²) in [6, 6.07) is -1.06. The van der Waals surface area contributed by atoms with Crippen LogP contribution in [-0.4, -0.2) is 35.6 Å². The Morgan fingerprint density at radius 3 is 2.21 bits per heavy atom. The largest absolute Gasteiger partial charge is 0.480 e. The van der Waals surface area contributed by atoms with E-state index in [2.05, 4.69) is 5.32 Å². The number of hydrogen-bond donors (Lipinski definition) is 2. The molecule has 0 aromatic carbocycles. The molecule has 0 saturated heterocycles. The van der Waals surface area contributed by atoms with Gasteiger partial charge in [0.25, 0.3) is 0 Å². The molecule has 0 aliphatic rings. The lowest BCUT2D eigenvalue weighted by Crippen LogP contribution is -2.43. The fourth-order valence-electron chi connectivity index (χ4n) is 1.58. The Bertz CT molecular complexity index is 327. The highest BCUT2D eigenvalue weighted by atomic mass is 16.5. The van der Waals surface area contributed by atoms with Gasteiger partial charge in [0.05, 0.1) is 12.5 Å². The zero-order valence-corrected chi connectivity index (χ0v) is 11.9. The normalized spacial score (nSPS) is 13.7. The average molecular weight is 273 g/mol. The van der Waals surface area contributed by atoms with Crippen molar-refractivity contribution in [1.29, 1.82) is 0 Å². The molecule has 0 unspecified atom stereocenters. The number of ether oxygens (including phenoxy) is 1. The van der Waals surface area contributed by atoms with E-state index in [1.54, 1.807) is 13.8 Å². The minimum absolute atomic E-state index is 0.0258. The van der Waals surface area contributed by atoms with Crippen LogP contribution >= 0.6 is 0 Å². The fourth-order valence-corrected chi connectivity index (χ4v) is 1.58. The van der Waals surface area contributed by atoms with Crippen LogP contribution in [0.1, 0.15) is 40.5 Å². The fraction of sp³-hybridized carbons (Fsp3) is 0.769. The predicted molar refractivity (Wildman–Crippen MR) is 69.4 cm³/mol. The molecular formula is C13H23NO5. The Morgan fingerprint density at radius 2 is 1.79 bits per heavy atom. The molecule has 0 fully saturated rings. The van der Waals surface area contributed by atoms with E-state index in [4.69, 9.17) is 9.84 Å². The molecule has 0 radical (unpaired) electrons. The Hall–Kier alpha value is -1.59. The highest BCUT2D eigenvalue weighted by Gasteiger charge is 2.26. The summed E-state index contributed by atoms with van der Waals surface area (Å²) >= 11 is 0. The van der Waals surface area contributed by atoms with Gasteiger partial charge in [-0.25, -0.2) is 4.79 Å². The molecule has 1 amide bonds. The van der Waals surface area contributed by atoms with Gasteiger partial charge in [-0.15, -0.1) is 0 Å². The third-order valence-electron chi connectivity index (χ3n) is 2.51. The minimum atomic E-state index is -1.15. The molecule has 6 nitrogen and oxygen atoms in total. The maximum atomic E-state index is 11.6. The van der Waals surface area contributed by atoms with Crippen LogP contribution in [0.25, 0.3) is 0 Å². The lowest BCUT2D eigenvalue weighted by molar-refractivity contribution is -0.149. The van der Waals surface area contributed by atoms with Crippen LogP contribution in [-0.2, 0) is 19.1 Å². The highest BCUT2D eigenvalue weighted by molar-refractivity contribution is 5.84. The van der Waals surface area contributed by atoms with Crippen LogP contribution in [0, 0.1) is 11.8 Å². The second kappa shape index (κ2) is 8.50. The number of carboxylic acids is 1. The lowest BCUT2D eigenvalue weighted by atomic mass is 10.0. The van der Waals surface area contributed by atoms with Crippen LogP contribution in [0.4, 0.5) is 0 Å². The molecule has 0 aliphatic carbocycles. The smallest absolute Gasteiger partial charge is 0.326 e. The van der Waals surface area contributed by atoms with Crippen molar-refractivity contribution in [3.8, 4) is 0 Å². The SMILES string of the molecule is CCOC(=O)[C@@H](C)C[C@H](NC(=O)CC(C)C)C(=O)O. The third-order valence-corrected chi connectivity index (χ3v) is 2.51. The zero-order valence-electron chi connectivity index (χ0n) is 11.9. The molecule has 0 aromatic rings. The monoisotopic (exact) mass is 273 g/mol. The summed E-state index contributed by atoms with van der Waals surface area (Å²) in [5, 5.41) is 11.5.